The Bertz CT molecular complexity index is 647. The summed E-state index contributed by atoms with van der Waals surface area (Å²) in [7, 11) is 0. The van der Waals surface area contributed by atoms with Crippen molar-refractivity contribution in [3.8, 4) is 0 Å². The van der Waals surface area contributed by atoms with Crippen LogP contribution in [0.1, 0.15) is 0 Å². The SMILES string of the molecule is CSCn1c(=O)[nH]c(=O)c2cc(Cl)ccc21. The van der Waals surface area contributed by atoms with E-state index < -0.39 is 11.2 Å². The Morgan fingerprint density at radius 1 is 1.44 bits per heavy atom. The molecule has 0 atom stereocenters. The lowest BCUT2D eigenvalue weighted by Gasteiger charge is -2.07. The standard InChI is InChI=1S/C10H9ClN2O2S/c1-16-5-13-8-3-2-6(11)4-7(8)9(14)12-10(13)15/h2-4H,5H2,1H3,(H,12,14,15). The van der Waals surface area contributed by atoms with E-state index in [9.17, 15) is 9.59 Å². The van der Waals surface area contributed by atoms with Crippen LogP contribution in [0.4, 0.5) is 0 Å². The van der Waals surface area contributed by atoms with Gasteiger partial charge in [-0.15, -0.1) is 11.8 Å². The first-order valence-electron chi connectivity index (χ1n) is 4.55. The summed E-state index contributed by atoms with van der Waals surface area (Å²) in [6.45, 7) is 0. The zero-order valence-corrected chi connectivity index (χ0v) is 10.1. The third-order valence-electron chi connectivity index (χ3n) is 2.22. The predicted molar refractivity (Wildman–Crippen MR) is 67.4 cm³/mol. The normalized spacial score (nSPS) is 10.9. The van der Waals surface area contributed by atoms with E-state index in [2.05, 4.69) is 4.98 Å². The van der Waals surface area contributed by atoms with Gasteiger partial charge in [-0.05, 0) is 24.5 Å². The third kappa shape index (κ3) is 1.88. The van der Waals surface area contributed by atoms with E-state index in [0.717, 1.165) is 0 Å². The molecule has 1 heterocycles. The summed E-state index contributed by atoms with van der Waals surface area (Å²) in [5, 5.41) is 0.911. The summed E-state index contributed by atoms with van der Waals surface area (Å²) < 4.78 is 1.51. The van der Waals surface area contributed by atoms with Crippen molar-refractivity contribution in [2.75, 3.05) is 6.26 Å². The molecular weight excluding hydrogens is 248 g/mol. The summed E-state index contributed by atoms with van der Waals surface area (Å²) in [5.41, 5.74) is -0.193. The minimum atomic E-state index is -0.403. The number of H-pyrrole nitrogens is 1. The Morgan fingerprint density at radius 2 is 2.19 bits per heavy atom. The monoisotopic (exact) mass is 256 g/mol. The highest BCUT2D eigenvalue weighted by Crippen LogP contribution is 2.15. The highest BCUT2D eigenvalue weighted by molar-refractivity contribution is 7.97. The fourth-order valence-electron chi connectivity index (χ4n) is 1.52. The van der Waals surface area contributed by atoms with Crippen LogP contribution >= 0.6 is 23.4 Å². The minimum absolute atomic E-state index is 0.394. The maximum Gasteiger partial charge on any atom is 0.329 e. The number of rotatable bonds is 2. The van der Waals surface area contributed by atoms with Crippen LogP contribution in [0, 0.1) is 0 Å². The maximum atomic E-state index is 11.6. The van der Waals surface area contributed by atoms with Crippen molar-refractivity contribution >= 4 is 34.3 Å². The fraction of sp³-hybridized carbons (Fsp3) is 0.200. The van der Waals surface area contributed by atoms with Gasteiger partial charge in [-0.1, -0.05) is 11.6 Å². The number of benzene rings is 1. The Balaban J connectivity index is 2.90. The van der Waals surface area contributed by atoms with Gasteiger partial charge in [0.2, 0.25) is 0 Å². The molecule has 2 aromatic rings. The van der Waals surface area contributed by atoms with Crippen LogP contribution in [-0.4, -0.2) is 15.8 Å². The Kier molecular flexibility index (Phi) is 3.07. The number of fused-ring (bicyclic) bond motifs is 1. The van der Waals surface area contributed by atoms with Crippen LogP contribution in [0.25, 0.3) is 10.9 Å². The predicted octanol–water partition coefficient (Wildman–Crippen LogP) is 1.66. The molecule has 0 fully saturated rings. The Hall–Kier alpha value is -1.20. The molecule has 0 aliphatic heterocycles. The molecule has 0 radical (unpaired) electrons. The first kappa shape index (κ1) is 11.3. The molecule has 4 nitrogen and oxygen atoms in total. The number of nitrogens with one attached hydrogen (secondary N) is 1. The lowest BCUT2D eigenvalue weighted by molar-refractivity contribution is 0.827. The van der Waals surface area contributed by atoms with Gasteiger partial charge in [0, 0.05) is 5.02 Å². The van der Waals surface area contributed by atoms with Crippen molar-refractivity contribution in [2.45, 2.75) is 5.88 Å². The molecule has 84 valence electrons. The second-order valence-corrected chi connectivity index (χ2v) is 4.54. The lowest BCUT2D eigenvalue weighted by atomic mass is 10.2. The van der Waals surface area contributed by atoms with Gasteiger partial charge in [-0.25, -0.2) is 4.79 Å². The van der Waals surface area contributed by atoms with Crippen molar-refractivity contribution in [1.29, 1.82) is 0 Å². The molecule has 0 saturated carbocycles. The second-order valence-electron chi connectivity index (χ2n) is 3.27. The van der Waals surface area contributed by atoms with E-state index in [1.807, 2.05) is 6.26 Å². The van der Waals surface area contributed by atoms with E-state index in [4.69, 9.17) is 11.6 Å². The first-order chi connectivity index (χ1) is 7.63. The van der Waals surface area contributed by atoms with Gasteiger partial charge >= 0.3 is 5.69 Å². The molecule has 1 aromatic carbocycles. The van der Waals surface area contributed by atoms with E-state index >= 15 is 0 Å². The van der Waals surface area contributed by atoms with Crippen LogP contribution in [0.2, 0.25) is 5.02 Å². The summed E-state index contributed by atoms with van der Waals surface area (Å²) in [5.74, 6) is 0.494. The molecule has 16 heavy (non-hydrogen) atoms. The molecule has 0 saturated heterocycles. The molecule has 1 aromatic heterocycles. The highest BCUT2D eigenvalue weighted by Gasteiger charge is 2.06. The fourth-order valence-corrected chi connectivity index (χ4v) is 2.21. The molecule has 0 aliphatic rings. The second kappa shape index (κ2) is 4.35. The minimum Gasteiger partial charge on any atom is -0.284 e. The van der Waals surface area contributed by atoms with E-state index in [1.165, 1.54) is 16.3 Å². The van der Waals surface area contributed by atoms with E-state index in [-0.39, 0.29) is 0 Å². The molecule has 0 bridgehead atoms. The molecule has 1 N–H and O–H groups in total. The van der Waals surface area contributed by atoms with Crippen molar-refractivity contribution < 1.29 is 0 Å². The van der Waals surface area contributed by atoms with Crippen LogP contribution in [-0.2, 0) is 5.88 Å². The molecule has 0 spiro atoms. The summed E-state index contributed by atoms with van der Waals surface area (Å²) in [6, 6.07) is 4.91. The molecule has 2 rings (SSSR count). The molecule has 0 aliphatic carbocycles. The molecule has 0 amide bonds. The number of hydrogen-bond donors (Lipinski definition) is 1. The van der Waals surface area contributed by atoms with Crippen LogP contribution < -0.4 is 11.2 Å². The quantitative estimate of drug-likeness (QED) is 0.889. The maximum absolute atomic E-state index is 11.6. The number of thioether (sulfide) groups is 1. The average molecular weight is 257 g/mol. The van der Waals surface area contributed by atoms with Crippen molar-refractivity contribution in [2.24, 2.45) is 0 Å². The van der Waals surface area contributed by atoms with Crippen molar-refractivity contribution in [3.05, 3.63) is 44.1 Å². The lowest BCUT2D eigenvalue weighted by Crippen LogP contribution is -2.29. The average Bonchev–Trinajstić information content (AvgIpc) is 2.24. The van der Waals surface area contributed by atoms with E-state index in [1.54, 1.807) is 18.2 Å². The molecule has 6 heteroatoms. The topological polar surface area (TPSA) is 54.9 Å². The number of hydrogen-bond acceptors (Lipinski definition) is 3. The van der Waals surface area contributed by atoms with Gasteiger partial charge in [0.05, 0.1) is 16.8 Å². The summed E-state index contributed by atoms with van der Waals surface area (Å²) in [4.78, 5) is 25.4. The largest absolute Gasteiger partial charge is 0.329 e. The zero-order chi connectivity index (χ0) is 11.7. The summed E-state index contributed by atoms with van der Waals surface area (Å²) >= 11 is 7.32. The van der Waals surface area contributed by atoms with Crippen LogP contribution in [0.15, 0.2) is 27.8 Å². The van der Waals surface area contributed by atoms with Gasteiger partial charge in [0.15, 0.2) is 0 Å². The number of nitrogens with zero attached hydrogens (tertiary/aromatic N) is 1. The van der Waals surface area contributed by atoms with Gasteiger partial charge in [-0.3, -0.25) is 14.3 Å². The molecule has 0 unspecified atom stereocenters. The first-order valence-corrected chi connectivity index (χ1v) is 6.32. The third-order valence-corrected chi connectivity index (χ3v) is 2.97. The smallest absolute Gasteiger partial charge is 0.284 e. The van der Waals surface area contributed by atoms with Crippen molar-refractivity contribution in [3.63, 3.8) is 0 Å². The number of aromatic amines is 1. The van der Waals surface area contributed by atoms with E-state index in [0.29, 0.717) is 21.8 Å². The van der Waals surface area contributed by atoms with Crippen molar-refractivity contribution in [1.82, 2.24) is 9.55 Å². The number of halogens is 1. The Labute approximate surface area is 100 Å². The van der Waals surface area contributed by atoms with Gasteiger partial charge in [0.1, 0.15) is 0 Å². The molecular formula is C10H9ClN2O2S. The highest BCUT2D eigenvalue weighted by atomic mass is 35.5. The summed E-state index contributed by atoms with van der Waals surface area (Å²) in [6.07, 6.45) is 1.89. The Morgan fingerprint density at radius 3 is 2.88 bits per heavy atom. The zero-order valence-electron chi connectivity index (χ0n) is 8.49. The van der Waals surface area contributed by atoms with Gasteiger partial charge < -0.3 is 0 Å². The van der Waals surface area contributed by atoms with Gasteiger partial charge in [-0.2, -0.15) is 0 Å². The van der Waals surface area contributed by atoms with Crippen LogP contribution in [0.3, 0.4) is 0 Å². The van der Waals surface area contributed by atoms with Gasteiger partial charge in [0.25, 0.3) is 5.56 Å². The number of aromatic nitrogens is 2. The van der Waals surface area contributed by atoms with Crippen LogP contribution in [0.5, 0.6) is 0 Å².